The normalized spacial score (nSPS) is 16.6. The molecular weight excluding hydrogens is 92.1 g/mol. The van der Waals surface area contributed by atoms with Crippen LogP contribution in [0.1, 0.15) is 6.92 Å². The maximum Gasteiger partial charge on any atom is 0.178 e. The summed E-state index contributed by atoms with van der Waals surface area (Å²) in [6.45, 7) is 1.73. The number of hydrogen-bond acceptors (Lipinski definition) is 3. The first kappa shape index (κ1) is 6.30. The molecule has 1 unspecified atom stereocenters. The lowest BCUT2D eigenvalue weighted by Crippen LogP contribution is -2.13. The van der Waals surface area contributed by atoms with E-state index >= 15 is 0 Å². The quantitative estimate of drug-likeness (QED) is 0.398. The van der Waals surface area contributed by atoms with Crippen LogP contribution < -0.4 is 11.5 Å². The van der Waals surface area contributed by atoms with Crippen molar-refractivity contribution in [3.8, 4) is 0 Å². The van der Waals surface area contributed by atoms with Gasteiger partial charge in [0.25, 0.3) is 0 Å². The fourth-order valence-corrected chi connectivity index (χ4v) is 0.269. The smallest absolute Gasteiger partial charge is 0.178 e. The van der Waals surface area contributed by atoms with Crippen molar-refractivity contribution >= 4 is 0 Å². The summed E-state index contributed by atoms with van der Waals surface area (Å²) in [5.41, 5.74) is 10.0. The van der Waals surface area contributed by atoms with Crippen LogP contribution in [0.5, 0.6) is 0 Å². The van der Waals surface area contributed by atoms with Gasteiger partial charge >= 0.3 is 0 Å². The van der Waals surface area contributed by atoms with E-state index in [1.54, 1.807) is 6.92 Å². The zero-order valence-electron chi connectivity index (χ0n) is 4.26. The number of hydrogen-bond donors (Lipinski definition) is 3. The third-order valence-electron chi connectivity index (χ3n) is 0.434. The molecule has 1 atom stereocenters. The van der Waals surface area contributed by atoms with Crippen molar-refractivity contribution in [1.82, 2.24) is 0 Å². The van der Waals surface area contributed by atoms with E-state index in [1.165, 1.54) is 6.08 Å². The molecule has 0 aliphatic carbocycles. The van der Waals surface area contributed by atoms with E-state index in [-0.39, 0.29) is 11.9 Å². The van der Waals surface area contributed by atoms with E-state index in [9.17, 15) is 0 Å². The van der Waals surface area contributed by atoms with Gasteiger partial charge in [-0.25, -0.2) is 0 Å². The predicted molar refractivity (Wildman–Crippen MR) is 28.5 cm³/mol. The number of rotatable bonds is 1. The van der Waals surface area contributed by atoms with Gasteiger partial charge in [-0.15, -0.1) is 0 Å². The molecule has 3 nitrogen and oxygen atoms in total. The van der Waals surface area contributed by atoms with Crippen LogP contribution in [-0.4, -0.2) is 11.1 Å². The molecule has 3 heteroatoms. The van der Waals surface area contributed by atoms with Crippen molar-refractivity contribution < 1.29 is 5.11 Å². The van der Waals surface area contributed by atoms with Crippen LogP contribution in [-0.2, 0) is 0 Å². The van der Waals surface area contributed by atoms with Gasteiger partial charge in [0.05, 0.1) is 0 Å². The SMILES string of the molecule is CC(N)/C=C(/N)O. The average Bonchev–Trinajstić information content (AvgIpc) is 1.27. The lowest BCUT2D eigenvalue weighted by Gasteiger charge is -1.92. The fraction of sp³-hybridized carbons (Fsp3) is 0.500. The third-order valence-corrected chi connectivity index (χ3v) is 0.434. The molecule has 0 heterocycles. The Labute approximate surface area is 42.6 Å². The monoisotopic (exact) mass is 102 g/mol. The van der Waals surface area contributed by atoms with E-state index in [4.69, 9.17) is 16.6 Å². The van der Waals surface area contributed by atoms with E-state index in [2.05, 4.69) is 0 Å². The second kappa shape index (κ2) is 2.47. The van der Waals surface area contributed by atoms with E-state index in [0.717, 1.165) is 0 Å². The molecule has 0 fully saturated rings. The minimum atomic E-state index is -0.213. The summed E-state index contributed by atoms with van der Waals surface area (Å²) in [5, 5.41) is 8.28. The Morgan fingerprint density at radius 1 is 1.86 bits per heavy atom. The molecule has 42 valence electrons. The van der Waals surface area contributed by atoms with Crippen LogP contribution >= 0.6 is 0 Å². The highest BCUT2D eigenvalue weighted by molar-refractivity contribution is 4.90. The minimum absolute atomic E-state index is 0.162. The lowest BCUT2D eigenvalue weighted by atomic mass is 10.3. The molecule has 0 bridgehead atoms. The van der Waals surface area contributed by atoms with Gasteiger partial charge in [-0.1, -0.05) is 0 Å². The Morgan fingerprint density at radius 3 is 2.29 bits per heavy atom. The van der Waals surface area contributed by atoms with Crippen molar-refractivity contribution in [2.24, 2.45) is 11.5 Å². The van der Waals surface area contributed by atoms with Crippen LogP contribution in [0.25, 0.3) is 0 Å². The zero-order chi connectivity index (χ0) is 5.86. The summed E-state index contributed by atoms with van der Waals surface area (Å²) >= 11 is 0. The van der Waals surface area contributed by atoms with Crippen molar-refractivity contribution in [3.63, 3.8) is 0 Å². The van der Waals surface area contributed by atoms with Crippen molar-refractivity contribution in [1.29, 1.82) is 0 Å². The molecule has 0 aliphatic heterocycles. The van der Waals surface area contributed by atoms with Crippen LogP contribution in [0.15, 0.2) is 12.0 Å². The zero-order valence-corrected chi connectivity index (χ0v) is 4.26. The minimum Gasteiger partial charge on any atom is -0.495 e. The van der Waals surface area contributed by atoms with Crippen molar-refractivity contribution in [2.45, 2.75) is 13.0 Å². The summed E-state index contributed by atoms with van der Waals surface area (Å²) in [7, 11) is 0. The molecule has 0 aromatic carbocycles. The second-order valence-electron chi connectivity index (χ2n) is 1.45. The second-order valence-corrected chi connectivity index (χ2v) is 1.45. The van der Waals surface area contributed by atoms with Gasteiger partial charge in [0.1, 0.15) is 0 Å². The first-order chi connectivity index (χ1) is 3.13. The first-order valence-corrected chi connectivity index (χ1v) is 2.04. The molecule has 0 radical (unpaired) electrons. The highest BCUT2D eigenvalue weighted by Crippen LogP contribution is 1.78. The highest BCUT2D eigenvalue weighted by Gasteiger charge is 1.84. The van der Waals surface area contributed by atoms with Crippen molar-refractivity contribution in [2.75, 3.05) is 0 Å². The molecule has 7 heavy (non-hydrogen) atoms. The van der Waals surface area contributed by atoms with E-state index in [1.807, 2.05) is 0 Å². The number of aliphatic hydroxyl groups excluding tert-OH is 1. The molecule has 0 rings (SSSR count). The Hall–Kier alpha value is -0.700. The summed E-state index contributed by atoms with van der Waals surface area (Å²) in [5.74, 6) is -0.213. The molecular formula is C4H10N2O. The maximum absolute atomic E-state index is 8.28. The van der Waals surface area contributed by atoms with E-state index < -0.39 is 0 Å². The van der Waals surface area contributed by atoms with Crippen LogP contribution in [0.4, 0.5) is 0 Å². The molecule has 0 amide bonds. The Balaban J connectivity index is 3.45. The number of nitrogens with two attached hydrogens (primary N) is 2. The molecule has 0 saturated heterocycles. The largest absolute Gasteiger partial charge is 0.495 e. The maximum atomic E-state index is 8.28. The van der Waals surface area contributed by atoms with E-state index in [0.29, 0.717) is 0 Å². The molecule has 0 aromatic heterocycles. The fourth-order valence-electron chi connectivity index (χ4n) is 0.269. The Kier molecular flexibility index (Phi) is 2.22. The Morgan fingerprint density at radius 2 is 2.29 bits per heavy atom. The lowest BCUT2D eigenvalue weighted by molar-refractivity contribution is 0.401. The molecule has 0 aromatic rings. The van der Waals surface area contributed by atoms with Gasteiger partial charge in [0, 0.05) is 6.04 Å². The van der Waals surface area contributed by atoms with Gasteiger partial charge in [0.2, 0.25) is 0 Å². The van der Waals surface area contributed by atoms with Crippen LogP contribution in [0, 0.1) is 0 Å². The van der Waals surface area contributed by atoms with Gasteiger partial charge in [-0.2, -0.15) is 0 Å². The van der Waals surface area contributed by atoms with Gasteiger partial charge in [-0.05, 0) is 13.0 Å². The average molecular weight is 102 g/mol. The molecule has 0 aliphatic rings. The van der Waals surface area contributed by atoms with Crippen LogP contribution in [0.3, 0.4) is 0 Å². The molecule has 0 spiro atoms. The van der Waals surface area contributed by atoms with Gasteiger partial charge in [-0.3, -0.25) is 0 Å². The molecule has 0 saturated carbocycles. The molecule has 5 N–H and O–H groups in total. The standard InChI is InChI=1S/C4H10N2O/c1-3(5)2-4(6)7/h2-3,7H,5-6H2,1H3/b4-2-. The summed E-state index contributed by atoms with van der Waals surface area (Å²) in [4.78, 5) is 0. The van der Waals surface area contributed by atoms with Gasteiger partial charge < -0.3 is 16.6 Å². The Bertz CT molecular complexity index is 73.8. The summed E-state index contributed by atoms with van der Waals surface area (Å²) in [6, 6.07) is -0.162. The van der Waals surface area contributed by atoms with Gasteiger partial charge in [0.15, 0.2) is 5.88 Å². The third kappa shape index (κ3) is 5.30. The van der Waals surface area contributed by atoms with Crippen molar-refractivity contribution in [3.05, 3.63) is 12.0 Å². The summed E-state index contributed by atoms with van der Waals surface area (Å²) in [6.07, 6.45) is 1.36. The van der Waals surface area contributed by atoms with Crippen LogP contribution in [0.2, 0.25) is 0 Å². The highest BCUT2D eigenvalue weighted by atomic mass is 16.3. The summed E-state index contributed by atoms with van der Waals surface area (Å²) < 4.78 is 0. The topological polar surface area (TPSA) is 72.3 Å². The predicted octanol–water partition coefficient (Wildman–Crippen LogP) is -0.308. The first-order valence-electron chi connectivity index (χ1n) is 2.04. The number of aliphatic hydroxyl groups is 1.